The van der Waals surface area contributed by atoms with Crippen molar-refractivity contribution in [2.45, 2.75) is 26.2 Å². The SMILES string of the molecule is CC(C)(C)c1nnc(N2CCN(c3ccc(N)cc3)CC2)[nH]c1=O. The number of aromatic amines is 1. The molecular weight excluding hydrogens is 304 g/mol. The molecule has 0 radical (unpaired) electrons. The number of H-pyrrole nitrogens is 1. The van der Waals surface area contributed by atoms with Crippen LogP contribution < -0.4 is 21.1 Å². The van der Waals surface area contributed by atoms with Crippen LogP contribution in [0.5, 0.6) is 0 Å². The quantitative estimate of drug-likeness (QED) is 0.809. The standard InChI is InChI=1S/C17H24N6O/c1-17(2,3)14-15(24)19-16(21-20-14)23-10-8-22(9-11-23)13-6-4-12(18)5-7-13/h4-7H,8-11,18H2,1-3H3,(H,19,21,24). The zero-order valence-electron chi connectivity index (χ0n) is 14.4. The van der Waals surface area contributed by atoms with Gasteiger partial charge in [0.2, 0.25) is 5.95 Å². The van der Waals surface area contributed by atoms with E-state index in [0.717, 1.165) is 37.6 Å². The third kappa shape index (κ3) is 3.34. The summed E-state index contributed by atoms with van der Waals surface area (Å²) in [4.78, 5) is 19.5. The highest BCUT2D eigenvalue weighted by Crippen LogP contribution is 2.20. The van der Waals surface area contributed by atoms with E-state index in [1.165, 1.54) is 0 Å². The summed E-state index contributed by atoms with van der Waals surface area (Å²) in [7, 11) is 0. The van der Waals surface area contributed by atoms with Crippen LogP contribution in [0.2, 0.25) is 0 Å². The van der Waals surface area contributed by atoms with Crippen LogP contribution in [-0.4, -0.2) is 41.4 Å². The summed E-state index contributed by atoms with van der Waals surface area (Å²) in [5.74, 6) is 0.546. The van der Waals surface area contributed by atoms with E-state index in [-0.39, 0.29) is 11.0 Å². The van der Waals surface area contributed by atoms with Gasteiger partial charge in [-0.1, -0.05) is 20.8 Å². The first-order chi connectivity index (χ1) is 11.3. The molecule has 7 nitrogen and oxygen atoms in total. The van der Waals surface area contributed by atoms with E-state index in [1.807, 2.05) is 45.0 Å². The van der Waals surface area contributed by atoms with Crippen molar-refractivity contribution in [2.75, 3.05) is 41.7 Å². The minimum absolute atomic E-state index is 0.159. The van der Waals surface area contributed by atoms with Gasteiger partial charge < -0.3 is 15.5 Å². The smallest absolute Gasteiger partial charge is 0.274 e. The molecule has 1 aliphatic heterocycles. The number of anilines is 3. The fourth-order valence-electron chi connectivity index (χ4n) is 2.82. The average Bonchev–Trinajstić information content (AvgIpc) is 2.54. The summed E-state index contributed by atoms with van der Waals surface area (Å²) < 4.78 is 0. The van der Waals surface area contributed by atoms with E-state index in [0.29, 0.717) is 11.6 Å². The highest BCUT2D eigenvalue weighted by Gasteiger charge is 2.23. The summed E-state index contributed by atoms with van der Waals surface area (Å²) >= 11 is 0. The minimum atomic E-state index is -0.313. The van der Waals surface area contributed by atoms with Crippen molar-refractivity contribution in [3.8, 4) is 0 Å². The molecule has 1 aromatic carbocycles. The zero-order valence-corrected chi connectivity index (χ0v) is 14.4. The van der Waals surface area contributed by atoms with Gasteiger partial charge >= 0.3 is 0 Å². The topological polar surface area (TPSA) is 91.1 Å². The van der Waals surface area contributed by atoms with Crippen molar-refractivity contribution in [1.82, 2.24) is 15.2 Å². The van der Waals surface area contributed by atoms with Gasteiger partial charge in [0.1, 0.15) is 5.69 Å². The minimum Gasteiger partial charge on any atom is -0.399 e. The molecule has 0 bridgehead atoms. The first-order valence-electron chi connectivity index (χ1n) is 8.17. The molecule has 3 rings (SSSR count). The van der Waals surface area contributed by atoms with E-state index >= 15 is 0 Å². The second-order valence-electron chi connectivity index (χ2n) is 7.14. The van der Waals surface area contributed by atoms with Crippen LogP contribution in [0.25, 0.3) is 0 Å². The molecule has 0 saturated carbocycles. The van der Waals surface area contributed by atoms with Crippen molar-refractivity contribution in [2.24, 2.45) is 0 Å². The first kappa shape index (κ1) is 16.3. The molecule has 3 N–H and O–H groups in total. The predicted molar refractivity (Wildman–Crippen MR) is 96.6 cm³/mol. The maximum Gasteiger partial charge on any atom is 0.274 e. The van der Waals surface area contributed by atoms with Gasteiger partial charge in [0.15, 0.2) is 0 Å². The Hall–Kier alpha value is -2.57. The van der Waals surface area contributed by atoms with Crippen LogP contribution in [0.15, 0.2) is 29.1 Å². The summed E-state index contributed by atoms with van der Waals surface area (Å²) in [5.41, 5.74) is 7.66. The fraction of sp³-hybridized carbons (Fsp3) is 0.471. The van der Waals surface area contributed by atoms with Crippen molar-refractivity contribution >= 4 is 17.3 Å². The molecule has 1 aromatic heterocycles. The van der Waals surface area contributed by atoms with Gasteiger partial charge in [-0.05, 0) is 24.3 Å². The molecule has 0 amide bonds. The molecule has 2 aromatic rings. The van der Waals surface area contributed by atoms with Crippen molar-refractivity contribution in [3.05, 3.63) is 40.3 Å². The largest absolute Gasteiger partial charge is 0.399 e. The van der Waals surface area contributed by atoms with E-state index in [1.54, 1.807) is 0 Å². The van der Waals surface area contributed by atoms with Gasteiger partial charge in [0.25, 0.3) is 5.56 Å². The van der Waals surface area contributed by atoms with Crippen LogP contribution in [0.1, 0.15) is 26.5 Å². The molecule has 2 heterocycles. The normalized spacial score (nSPS) is 15.6. The predicted octanol–water partition coefficient (Wildman–Crippen LogP) is 1.37. The number of benzene rings is 1. The van der Waals surface area contributed by atoms with Crippen LogP contribution in [0, 0.1) is 0 Å². The summed E-state index contributed by atoms with van der Waals surface area (Å²) in [5, 5.41) is 8.37. The Morgan fingerprint density at radius 1 is 1.00 bits per heavy atom. The molecule has 0 atom stereocenters. The van der Waals surface area contributed by atoms with Gasteiger partial charge in [0, 0.05) is 43.0 Å². The number of nitrogen functional groups attached to an aromatic ring is 1. The van der Waals surface area contributed by atoms with Gasteiger partial charge in [0.05, 0.1) is 0 Å². The van der Waals surface area contributed by atoms with Gasteiger partial charge in [-0.15, -0.1) is 10.2 Å². The van der Waals surface area contributed by atoms with E-state index in [2.05, 4.69) is 25.0 Å². The van der Waals surface area contributed by atoms with Gasteiger partial charge in [-0.2, -0.15) is 0 Å². The summed E-state index contributed by atoms with van der Waals surface area (Å²) in [6.45, 7) is 9.14. The summed E-state index contributed by atoms with van der Waals surface area (Å²) in [6, 6.07) is 7.89. The first-order valence-corrected chi connectivity index (χ1v) is 8.17. The molecule has 1 aliphatic rings. The number of hydrogen-bond acceptors (Lipinski definition) is 6. The Labute approximate surface area is 141 Å². The molecule has 7 heteroatoms. The average molecular weight is 328 g/mol. The lowest BCUT2D eigenvalue weighted by molar-refractivity contribution is 0.541. The molecule has 1 fully saturated rings. The second-order valence-corrected chi connectivity index (χ2v) is 7.14. The van der Waals surface area contributed by atoms with E-state index in [4.69, 9.17) is 5.73 Å². The second kappa shape index (κ2) is 6.14. The summed E-state index contributed by atoms with van der Waals surface area (Å²) in [6.07, 6.45) is 0. The number of hydrogen-bond donors (Lipinski definition) is 2. The number of nitrogens with two attached hydrogens (primary N) is 1. The highest BCUT2D eigenvalue weighted by atomic mass is 16.1. The third-order valence-corrected chi connectivity index (χ3v) is 4.23. The number of nitrogens with zero attached hydrogens (tertiary/aromatic N) is 4. The van der Waals surface area contributed by atoms with Crippen molar-refractivity contribution < 1.29 is 0 Å². The lowest BCUT2D eigenvalue weighted by Crippen LogP contribution is -2.47. The Bertz CT molecular complexity index is 754. The molecule has 0 spiro atoms. The highest BCUT2D eigenvalue weighted by molar-refractivity contribution is 5.54. The van der Waals surface area contributed by atoms with Crippen LogP contribution in [0.4, 0.5) is 17.3 Å². The maximum absolute atomic E-state index is 12.2. The van der Waals surface area contributed by atoms with Crippen molar-refractivity contribution in [3.63, 3.8) is 0 Å². The Kier molecular flexibility index (Phi) is 4.17. The Balaban J connectivity index is 1.70. The van der Waals surface area contributed by atoms with Crippen molar-refractivity contribution in [1.29, 1.82) is 0 Å². The van der Waals surface area contributed by atoms with Crippen LogP contribution >= 0.6 is 0 Å². The fourth-order valence-corrected chi connectivity index (χ4v) is 2.82. The molecule has 0 aliphatic carbocycles. The monoisotopic (exact) mass is 328 g/mol. The number of piperazine rings is 1. The number of aromatic nitrogens is 3. The molecular formula is C17H24N6O. The molecule has 1 saturated heterocycles. The van der Waals surface area contributed by atoms with E-state index < -0.39 is 0 Å². The molecule has 0 unspecified atom stereocenters. The lowest BCUT2D eigenvalue weighted by atomic mass is 9.93. The third-order valence-electron chi connectivity index (χ3n) is 4.23. The van der Waals surface area contributed by atoms with Crippen LogP contribution in [0.3, 0.4) is 0 Å². The van der Waals surface area contributed by atoms with E-state index in [9.17, 15) is 4.79 Å². The zero-order chi connectivity index (χ0) is 17.3. The Morgan fingerprint density at radius 3 is 2.12 bits per heavy atom. The molecule has 128 valence electrons. The van der Waals surface area contributed by atoms with Gasteiger partial charge in [-0.25, -0.2) is 0 Å². The van der Waals surface area contributed by atoms with Gasteiger partial charge in [-0.3, -0.25) is 9.78 Å². The number of nitrogens with one attached hydrogen (secondary N) is 1. The Morgan fingerprint density at radius 2 is 1.58 bits per heavy atom. The maximum atomic E-state index is 12.2. The molecule has 24 heavy (non-hydrogen) atoms. The van der Waals surface area contributed by atoms with Crippen LogP contribution in [-0.2, 0) is 5.41 Å². The lowest BCUT2D eigenvalue weighted by Gasteiger charge is -2.36. The number of rotatable bonds is 2.